The van der Waals surface area contributed by atoms with E-state index in [0.29, 0.717) is 31.9 Å². The van der Waals surface area contributed by atoms with Crippen molar-refractivity contribution in [2.45, 2.75) is 38.8 Å². The molecule has 5 rings (SSSR count). The molecule has 1 N–H and O–H groups in total. The lowest BCUT2D eigenvalue weighted by molar-refractivity contribution is -0.140. The lowest BCUT2D eigenvalue weighted by Gasteiger charge is -2.31. The molecule has 0 spiro atoms. The zero-order valence-electron chi connectivity index (χ0n) is 20.3. The number of nitrogens with zero attached hydrogens (tertiary/aromatic N) is 2. The third kappa shape index (κ3) is 4.58. The molecule has 1 amide bonds. The summed E-state index contributed by atoms with van der Waals surface area (Å²) in [6.07, 6.45) is 1.71. The maximum absolute atomic E-state index is 13.3. The Morgan fingerprint density at radius 1 is 1.06 bits per heavy atom. The van der Waals surface area contributed by atoms with Gasteiger partial charge in [-0.05, 0) is 48.2 Å². The number of aryl methyl sites for hydroxylation is 1. The van der Waals surface area contributed by atoms with Crippen LogP contribution in [0.4, 0.5) is 0 Å². The highest BCUT2D eigenvalue weighted by molar-refractivity contribution is 6.46. The van der Waals surface area contributed by atoms with Gasteiger partial charge in [-0.1, -0.05) is 31.2 Å². The van der Waals surface area contributed by atoms with Crippen molar-refractivity contribution in [2.24, 2.45) is 0 Å². The van der Waals surface area contributed by atoms with Crippen molar-refractivity contribution in [1.29, 1.82) is 0 Å². The number of carbonyl (C=O) groups is 2. The van der Waals surface area contributed by atoms with E-state index in [1.165, 1.54) is 5.56 Å². The Kier molecular flexibility index (Phi) is 6.62. The molecule has 0 unspecified atom stereocenters. The fourth-order valence-corrected chi connectivity index (χ4v) is 5.19. The van der Waals surface area contributed by atoms with Gasteiger partial charge in [0.1, 0.15) is 17.6 Å². The zero-order valence-corrected chi connectivity index (χ0v) is 20.3. The Labute approximate surface area is 205 Å². The molecule has 3 aliphatic rings. The van der Waals surface area contributed by atoms with Gasteiger partial charge < -0.3 is 19.5 Å². The van der Waals surface area contributed by atoms with Gasteiger partial charge in [-0.3, -0.25) is 14.5 Å². The minimum Gasteiger partial charge on any atom is -0.507 e. The summed E-state index contributed by atoms with van der Waals surface area (Å²) in [6.45, 7) is 8.07. The molecule has 0 radical (unpaired) electrons. The monoisotopic (exact) mass is 476 g/mol. The number of rotatable bonds is 6. The van der Waals surface area contributed by atoms with Gasteiger partial charge in [0.15, 0.2) is 0 Å². The number of ketones is 1. The van der Waals surface area contributed by atoms with Crippen molar-refractivity contribution < 1.29 is 24.2 Å². The van der Waals surface area contributed by atoms with Crippen LogP contribution in [0.25, 0.3) is 5.76 Å². The van der Waals surface area contributed by atoms with Crippen molar-refractivity contribution in [1.82, 2.24) is 9.80 Å². The maximum atomic E-state index is 13.3. The molecule has 2 atom stereocenters. The van der Waals surface area contributed by atoms with Gasteiger partial charge in [0.2, 0.25) is 0 Å². The molecule has 0 saturated carbocycles. The molecule has 7 heteroatoms. The number of benzene rings is 2. The number of hydrogen-bond acceptors (Lipinski definition) is 6. The van der Waals surface area contributed by atoms with Crippen LogP contribution in [0.3, 0.4) is 0 Å². The second kappa shape index (κ2) is 9.84. The van der Waals surface area contributed by atoms with Crippen molar-refractivity contribution >= 4 is 17.4 Å². The number of aliphatic hydroxyl groups is 1. The first-order valence-corrected chi connectivity index (χ1v) is 12.4. The minimum absolute atomic E-state index is 0.0743. The lowest BCUT2D eigenvalue weighted by atomic mass is 9.93. The molecular formula is C28H32N2O5. The number of fused-ring (bicyclic) bond motifs is 1. The van der Waals surface area contributed by atoms with Crippen LogP contribution in [0.1, 0.15) is 42.1 Å². The summed E-state index contributed by atoms with van der Waals surface area (Å²) in [4.78, 5) is 30.4. The van der Waals surface area contributed by atoms with Crippen LogP contribution in [-0.2, 0) is 27.2 Å². The molecule has 7 nitrogen and oxygen atoms in total. The van der Waals surface area contributed by atoms with Crippen LogP contribution in [0, 0.1) is 0 Å². The van der Waals surface area contributed by atoms with Gasteiger partial charge in [0, 0.05) is 38.2 Å². The van der Waals surface area contributed by atoms with Gasteiger partial charge >= 0.3 is 0 Å². The van der Waals surface area contributed by atoms with Gasteiger partial charge in [-0.25, -0.2) is 0 Å². The first-order valence-electron chi connectivity index (χ1n) is 12.4. The highest BCUT2D eigenvalue weighted by atomic mass is 16.5. The van der Waals surface area contributed by atoms with Gasteiger partial charge in [0.05, 0.1) is 24.8 Å². The number of ether oxygens (including phenoxy) is 2. The number of likely N-dealkylation sites (tertiary alicyclic amines) is 1. The normalized spacial score (nSPS) is 24.0. The summed E-state index contributed by atoms with van der Waals surface area (Å²) in [7, 11) is 0. The summed E-state index contributed by atoms with van der Waals surface area (Å²) >= 11 is 0. The van der Waals surface area contributed by atoms with Crippen LogP contribution in [-0.4, -0.2) is 72.1 Å². The lowest BCUT2D eigenvalue weighted by Crippen LogP contribution is -2.42. The SMILES string of the molecule is CCc1ccc([C@@H]2C(=C(O)c3ccc4c(c3)C[C@H](C)O4)C(=O)C(=O)N2CCN2CCOCC2)cc1. The summed E-state index contributed by atoms with van der Waals surface area (Å²) in [5.74, 6) is -0.544. The Morgan fingerprint density at radius 3 is 2.51 bits per heavy atom. The van der Waals surface area contributed by atoms with E-state index in [9.17, 15) is 14.7 Å². The fraction of sp³-hybridized carbons (Fsp3) is 0.429. The Bertz CT molecular complexity index is 1150. The van der Waals surface area contributed by atoms with Crippen LogP contribution < -0.4 is 4.74 Å². The summed E-state index contributed by atoms with van der Waals surface area (Å²) in [6, 6.07) is 12.8. The fourth-order valence-electron chi connectivity index (χ4n) is 5.19. The molecule has 184 valence electrons. The second-order valence-electron chi connectivity index (χ2n) is 9.50. The van der Waals surface area contributed by atoms with E-state index >= 15 is 0 Å². The quantitative estimate of drug-likeness (QED) is 0.392. The summed E-state index contributed by atoms with van der Waals surface area (Å²) in [5, 5.41) is 11.4. The third-order valence-corrected chi connectivity index (χ3v) is 7.17. The number of Topliss-reactive ketones (excluding diaryl/α,β-unsaturated/α-hetero) is 1. The largest absolute Gasteiger partial charge is 0.507 e. The summed E-state index contributed by atoms with van der Waals surface area (Å²) in [5.41, 5.74) is 3.66. The molecule has 2 aromatic rings. The number of aliphatic hydroxyl groups excluding tert-OH is 1. The van der Waals surface area contributed by atoms with Crippen molar-refractivity contribution in [3.63, 3.8) is 0 Å². The summed E-state index contributed by atoms with van der Waals surface area (Å²) < 4.78 is 11.2. The average molecular weight is 477 g/mol. The predicted octanol–water partition coefficient (Wildman–Crippen LogP) is 3.33. The van der Waals surface area contributed by atoms with E-state index < -0.39 is 17.7 Å². The molecule has 3 heterocycles. The van der Waals surface area contributed by atoms with Crippen LogP contribution in [0.2, 0.25) is 0 Å². The third-order valence-electron chi connectivity index (χ3n) is 7.17. The molecule has 2 fully saturated rings. The van der Waals surface area contributed by atoms with Gasteiger partial charge in [-0.15, -0.1) is 0 Å². The van der Waals surface area contributed by atoms with E-state index in [2.05, 4.69) is 11.8 Å². The van der Waals surface area contributed by atoms with Crippen molar-refractivity contribution in [3.8, 4) is 5.75 Å². The molecule has 3 aliphatic heterocycles. The molecule has 0 bridgehead atoms. The topological polar surface area (TPSA) is 79.3 Å². The van der Waals surface area contributed by atoms with Gasteiger partial charge in [-0.2, -0.15) is 0 Å². The molecule has 35 heavy (non-hydrogen) atoms. The molecule has 2 saturated heterocycles. The maximum Gasteiger partial charge on any atom is 0.295 e. The van der Waals surface area contributed by atoms with Crippen molar-refractivity contribution in [2.75, 3.05) is 39.4 Å². The Balaban J connectivity index is 1.53. The number of amides is 1. The Morgan fingerprint density at radius 2 is 1.80 bits per heavy atom. The number of morpholine rings is 1. The van der Waals surface area contributed by atoms with E-state index in [0.717, 1.165) is 42.8 Å². The first-order chi connectivity index (χ1) is 17.0. The van der Waals surface area contributed by atoms with Gasteiger partial charge in [0.25, 0.3) is 11.7 Å². The molecule has 2 aromatic carbocycles. The van der Waals surface area contributed by atoms with E-state index in [-0.39, 0.29) is 17.4 Å². The predicted molar refractivity (Wildman–Crippen MR) is 132 cm³/mol. The first kappa shape index (κ1) is 23.6. The zero-order chi connectivity index (χ0) is 24.5. The van der Waals surface area contributed by atoms with Crippen molar-refractivity contribution in [3.05, 3.63) is 70.3 Å². The molecule has 0 aliphatic carbocycles. The van der Waals surface area contributed by atoms with Crippen LogP contribution >= 0.6 is 0 Å². The highest BCUT2D eigenvalue weighted by Crippen LogP contribution is 2.40. The smallest absolute Gasteiger partial charge is 0.295 e. The molecular weight excluding hydrogens is 444 g/mol. The Hall–Kier alpha value is -3.16. The van der Waals surface area contributed by atoms with Crippen LogP contribution in [0.15, 0.2) is 48.0 Å². The standard InChI is InChI=1S/C28H32N2O5/c1-3-19-4-6-20(7-5-19)25-24(26(31)21-8-9-23-22(17-21)16-18(2)35-23)27(32)28(33)30(25)11-10-29-12-14-34-15-13-29/h4-9,17-18,25,31H,3,10-16H2,1-2H3/t18-,25+/m0/s1. The van der Waals surface area contributed by atoms with Crippen LogP contribution in [0.5, 0.6) is 5.75 Å². The minimum atomic E-state index is -0.640. The number of carbonyl (C=O) groups excluding carboxylic acids is 2. The number of hydrogen-bond donors (Lipinski definition) is 1. The van der Waals surface area contributed by atoms with E-state index in [4.69, 9.17) is 9.47 Å². The highest BCUT2D eigenvalue weighted by Gasteiger charge is 2.46. The molecule has 0 aromatic heterocycles. The van der Waals surface area contributed by atoms with E-state index in [1.807, 2.05) is 43.3 Å². The average Bonchev–Trinajstić information content (AvgIpc) is 3.38. The second-order valence-corrected chi connectivity index (χ2v) is 9.50. The van der Waals surface area contributed by atoms with E-state index in [1.54, 1.807) is 11.0 Å².